The van der Waals surface area contributed by atoms with E-state index in [1.54, 1.807) is 47.4 Å². The third kappa shape index (κ3) is 3.94. The molecule has 1 amide bonds. The highest BCUT2D eigenvalue weighted by molar-refractivity contribution is 7.92. The zero-order chi connectivity index (χ0) is 21.4. The van der Waals surface area contributed by atoms with Gasteiger partial charge in [-0.15, -0.1) is 0 Å². The van der Waals surface area contributed by atoms with Crippen LogP contribution in [0, 0.1) is 6.92 Å². The molecule has 1 aliphatic heterocycles. The number of aliphatic hydroxyl groups is 1. The zero-order valence-corrected chi connectivity index (χ0v) is 17.3. The molecule has 1 fully saturated rings. The first-order valence-corrected chi connectivity index (χ1v) is 11.0. The van der Waals surface area contributed by atoms with Crippen molar-refractivity contribution in [2.45, 2.75) is 17.4 Å². The SMILES string of the molecule is Cc1cccc(C2(O)CN(C(=O)c3ccc(NS(=O)(=O)c4ccccc4)cc3)C2)c1. The topological polar surface area (TPSA) is 86.7 Å². The predicted molar refractivity (Wildman–Crippen MR) is 115 cm³/mol. The molecule has 0 unspecified atom stereocenters. The van der Waals surface area contributed by atoms with Gasteiger partial charge in [0.15, 0.2) is 0 Å². The molecule has 30 heavy (non-hydrogen) atoms. The Hall–Kier alpha value is -3.16. The lowest BCUT2D eigenvalue weighted by Crippen LogP contribution is -2.61. The number of aryl methyl sites for hydroxylation is 1. The van der Waals surface area contributed by atoms with E-state index in [2.05, 4.69) is 4.72 Å². The fraction of sp³-hybridized carbons (Fsp3) is 0.174. The maximum atomic E-state index is 12.7. The van der Waals surface area contributed by atoms with Crippen LogP contribution in [-0.4, -0.2) is 37.4 Å². The second-order valence-corrected chi connectivity index (χ2v) is 9.24. The summed E-state index contributed by atoms with van der Waals surface area (Å²) in [6, 6.07) is 22.0. The van der Waals surface area contributed by atoms with Gasteiger partial charge < -0.3 is 10.0 Å². The molecular formula is C23H22N2O4S. The van der Waals surface area contributed by atoms with Gasteiger partial charge in [-0.3, -0.25) is 9.52 Å². The fourth-order valence-electron chi connectivity index (χ4n) is 3.52. The Labute approximate surface area is 175 Å². The van der Waals surface area contributed by atoms with Crippen LogP contribution in [0.3, 0.4) is 0 Å². The molecule has 0 aromatic heterocycles. The van der Waals surface area contributed by atoms with Crippen LogP contribution in [0.1, 0.15) is 21.5 Å². The summed E-state index contributed by atoms with van der Waals surface area (Å²) in [5, 5.41) is 10.8. The standard InChI is InChI=1S/C23H22N2O4S/c1-17-6-5-7-19(14-17)23(27)15-25(16-23)22(26)18-10-12-20(13-11-18)24-30(28,29)21-8-3-2-4-9-21/h2-14,24,27H,15-16H2,1H3. The molecule has 0 radical (unpaired) electrons. The van der Waals surface area contributed by atoms with Crippen LogP contribution in [0.25, 0.3) is 0 Å². The van der Waals surface area contributed by atoms with E-state index in [9.17, 15) is 18.3 Å². The molecule has 0 aliphatic carbocycles. The first-order chi connectivity index (χ1) is 14.3. The van der Waals surface area contributed by atoms with Gasteiger partial charge in [0, 0.05) is 11.3 Å². The Morgan fingerprint density at radius 2 is 1.63 bits per heavy atom. The van der Waals surface area contributed by atoms with E-state index in [-0.39, 0.29) is 23.9 Å². The number of hydrogen-bond donors (Lipinski definition) is 2. The molecule has 3 aromatic rings. The molecule has 1 heterocycles. The number of carbonyl (C=O) groups is 1. The van der Waals surface area contributed by atoms with E-state index < -0.39 is 15.6 Å². The van der Waals surface area contributed by atoms with E-state index in [4.69, 9.17) is 0 Å². The van der Waals surface area contributed by atoms with Crippen molar-refractivity contribution in [3.8, 4) is 0 Å². The van der Waals surface area contributed by atoms with Gasteiger partial charge in [0.05, 0.1) is 18.0 Å². The molecule has 7 heteroatoms. The van der Waals surface area contributed by atoms with Gasteiger partial charge in [-0.25, -0.2) is 8.42 Å². The van der Waals surface area contributed by atoms with Crippen LogP contribution in [-0.2, 0) is 15.6 Å². The number of β-amino-alcohol motifs (C(OH)–C–C–N with tert-alkyl or cyclic N) is 1. The molecule has 0 spiro atoms. The van der Waals surface area contributed by atoms with Crippen molar-refractivity contribution >= 4 is 21.6 Å². The molecule has 6 nitrogen and oxygen atoms in total. The first kappa shape index (κ1) is 20.1. The van der Waals surface area contributed by atoms with Gasteiger partial charge in [0.1, 0.15) is 5.60 Å². The molecule has 154 valence electrons. The Balaban J connectivity index is 1.42. The monoisotopic (exact) mass is 422 g/mol. The molecule has 0 bridgehead atoms. The van der Waals surface area contributed by atoms with Crippen LogP contribution >= 0.6 is 0 Å². The third-order valence-corrected chi connectivity index (χ3v) is 6.58. The lowest BCUT2D eigenvalue weighted by Gasteiger charge is -2.46. The summed E-state index contributed by atoms with van der Waals surface area (Å²) in [5.41, 5.74) is 1.63. The molecule has 1 aliphatic rings. The van der Waals surface area contributed by atoms with Crippen LogP contribution in [0.5, 0.6) is 0 Å². The van der Waals surface area contributed by atoms with E-state index in [1.807, 2.05) is 31.2 Å². The highest BCUT2D eigenvalue weighted by Gasteiger charge is 2.45. The van der Waals surface area contributed by atoms with Crippen LogP contribution in [0.2, 0.25) is 0 Å². The number of nitrogens with zero attached hydrogens (tertiary/aromatic N) is 1. The normalized spacial score (nSPS) is 15.3. The number of carbonyl (C=O) groups excluding carboxylic acids is 1. The lowest BCUT2D eigenvalue weighted by atomic mass is 9.85. The lowest BCUT2D eigenvalue weighted by molar-refractivity contribution is -0.0863. The number of anilines is 1. The number of hydrogen-bond acceptors (Lipinski definition) is 4. The van der Waals surface area contributed by atoms with Crippen molar-refractivity contribution in [3.05, 3.63) is 95.6 Å². The Morgan fingerprint density at radius 1 is 0.967 bits per heavy atom. The largest absolute Gasteiger partial charge is 0.381 e. The van der Waals surface area contributed by atoms with Gasteiger partial charge in [-0.2, -0.15) is 0 Å². The van der Waals surface area contributed by atoms with Gasteiger partial charge in [0.25, 0.3) is 15.9 Å². The number of sulfonamides is 1. The highest BCUT2D eigenvalue weighted by atomic mass is 32.2. The highest BCUT2D eigenvalue weighted by Crippen LogP contribution is 2.33. The number of amides is 1. The van der Waals surface area contributed by atoms with Crippen molar-refractivity contribution in [2.75, 3.05) is 17.8 Å². The van der Waals surface area contributed by atoms with Gasteiger partial charge in [0.2, 0.25) is 0 Å². The third-order valence-electron chi connectivity index (χ3n) is 5.19. The number of likely N-dealkylation sites (tertiary alicyclic amines) is 1. The summed E-state index contributed by atoms with van der Waals surface area (Å²) in [7, 11) is -3.68. The average Bonchev–Trinajstić information content (AvgIpc) is 2.72. The quantitative estimate of drug-likeness (QED) is 0.661. The van der Waals surface area contributed by atoms with Crippen molar-refractivity contribution < 1.29 is 18.3 Å². The smallest absolute Gasteiger partial charge is 0.261 e. The summed E-state index contributed by atoms with van der Waals surface area (Å²) >= 11 is 0. The maximum absolute atomic E-state index is 12.7. The minimum atomic E-state index is -3.68. The molecule has 0 saturated carbocycles. The van der Waals surface area contributed by atoms with Crippen molar-refractivity contribution in [2.24, 2.45) is 0 Å². The summed E-state index contributed by atoms with van der Waals surface area (Å²) in [6.45, 7) is 2.40. The predicted octanol–water partition coefficient (Wildman–Crippen LogP) is 3.14. The average molecular weight is 423 g/mol. The van der Waals surface area contributed by atoms with E-state index in [1.165, 1.54) is 12.1 Å². The molecule has 0 atom stereocenters. The molecular weight excluding hydrogens is 400 g/mol. The minimum Gasteiger partial charge on any atom is -0.381 e. The summed E-state index contributed by atoms with van der Waals surface area (Å²) in [4.78, 5) is 14.4. The first-order valence-electron chi connectivity index (χ1n) is 9.54. The Kier molecular flexibility index (Phi) is 5.09. The summed E-state index contributed by atoms with van der Waals surface area (Å²) in [6.07, 6.45) is 0. The number of benzene rings is 3. The Morgan fingerprint density at radius 3 is 2.27 bits per heavy atom. The minimum absolute atomic E-state index is 0.168. The fourth-order valence-corrected chi connectivity index (χ4v) is 4.60. The van der Waals surface area contributed by atoms with E-state index in [0.717, 1.165) is 11.1 Å². The maximum Gasteiger partial charge on any atom is 0.261 e. The van der Waals surface area contributed by atoms with E-state index in [0.29, 0.717) is 11.3 Å². The summed E-state index contributed by atoms with van der Waals surface area (Å²) < 4.78 is 27.3. The van der Waals surface area contributed by atoms with E-state index >= 15 is 0 Å². The van der Waals surface area contributed by atoms with Crippen molar-refractivity contribution in [1.29, 1.82) is 0 Å². The van der Waals surface area contributed by atoms with Crippen LogP contribution in [0.4, 0.5) is 5.69 Å². The number of nitrogens with one attached hydrogen (secondary N) is 1. The second kappa shape index (κ2) is 7.59. The molecule has 1 saturated heterocycles. The Bertz CT molecular complexity index is 1170. The molecule has 4 rings (SSSR count). The van der Waals surface area contributed by atoms with Gasteiger partial charge in [-0.1, -0.05) is 48.0 Å². The van der Waals surface area contributed by atoms with Gasteiger partial charge >= 0.3 is 0 Å². The van der Waals surface area contributed by atoms with Gasteiger partial charge in [-0.05, 0) is 48.9 Å². The molecule has 2 N–H and O–H groups in total. The molecule has 3 aromatic carbocycles. The van der Waals surface area contributed by atoms with Crippen molar-refractivity contribution in [1.82, 2.24) is 4.90 Å². The summed E-state index contributed by atoms with van der Waals surface area (Å²) in [5.74, 6) is -0.204. The zero-order valence-electron chi connectivity index (χ0n) is 16.4. The van der Waals surface area contributed by atoms with Crippen LogP contribution in [0.15, 0.2) is 83.8 Å². The van der Waals surface area contributed by atoms with Crippen molar-refractivity contribution in [3.63, 3.8) is 0 Å². The van der Waals surface area contributed by atoms with Crippen LogP contribution < -0.4 is 4.72 Å². The second-order valence-electron chi connectivity index (χ2n) is 7.56. The number of rotatable bonds is 5.